The lowest BCUT2D eigenvalue weighted by Gasteiger charge is -2.19. The summed E-state index contributed by atoms with van der Waals surface area (Å²) in [6.45, 7) is 7.55. The van der Waals surface area contributed by atoms with Gasteiger partial charge in [0.1, 0.15) is 17.3 Å². The van der Waals surface area contributed by atoms with Gasteiger partial charge in [0, 0.05) is 33.3 Å². The fourth-order valence-electron chi connectivity index (χ4n) is 4.21. The number of thiazole rings is 1. The molecule has 4 heterocycles. The summed E-state index contributed by atoms with van der Waals surface area (Å²) in [5.74, 6) is 0. The third-order valence-electron chi connectivity index (χ3n) is 6.19. The standard InChI is InChI=1S/C24H28N6O4S2Si/c1-29-19-17(14-25-28-23(19)31)20-22(29)27-24(35-20)21(36(32,33)16-8-6-5-7-9-16)18-10-11-26-30(18)15-34-12-13-37(2,3)4/h5-11,14,21H,12-13,15H2,1-4H3,(H,28,31). The molecular formula is C24H28N6O4S2Si. The minimum atomic E-state index is -3.91. The van der Waals surface area contributed by atoms with Crippen LogP contribution < -0.4 is 5.56 Å². The summed E-state index contributed by atoms with van der Waals surface area (Å²) < 4.78 is 38.0. The van der Waals surface area contributed by atoms with E-state index in [2.05, 4.69) is 34.9 Å². The molecule has 194 valence electrons. The number of aromatic amines is 1. The van der Waals surface area contributed by atoms with Gasteiger partial charge in [-0.05, 0) is 24.2 Å². The lowest BCUT2D eigenvalue weighted by Crippen LogP contribution is -2.23. The summed E-state index contributed by atoms with van der Waals surface area (Å²) in [5.41, 5.74) is 1.11. The molecule has 37 heavy (non-hydrogen) atoms. The van der Waals surface area contributed by atoms with Crippen LogP contribution in [0.15, 0.2) is 58.5 Å². The van der Waals surface area contributed by atoms with E-state index >= 15 is 0 Å². The van der Waals surface area contributed by atoms with E-state index in [4.69, 9.17) is 9.72 Å². The number of hydrogen-bond donors (Lipinski definition) is 1. The molecule has 5 aromatic rings. The highest BCUT2D eigenvalue weighted by molar-refractivity contribution is 7.92. The summed E-state index contributed by atoms with van der Waals surface area (Å²) in [7, 11) is -3.45. The summed E-state index contributed by atoms with van der Waals surface area (Å²) >= 11 is 1.24. The van der Waals surface area contributed by atoms with Crippen molar-refractivity contribution in [3.05, 3.63) is 69.8 Å². The zero-order valence-electron chi connectivity index (χ0n) is 21.0. The number of benzene rings is 1. The lowest BCUT2D eigenvalue weighted by atomic mass is 10.3. The highest BCUT2D eigenvalue weighted by atomic mass is 32.2. The van der Waals surface area contributed by atoms with E-state index in [1.165, 1.54) is 11.3 Å². The molecule has 0 amide bonds. The molecule has 0 saturated carbocycles. The fourth-order valence-corrected chi connectivity index (χ4v) is 8.24. The Labute approximate surface area is 218 Å². The highest BCUT2D eigenvalue weighted by Gasteiger charge is 2.37. The maximum Gasteiger partial charge on any atom is 0.288 e. The highest BCUT2D eigenvalue weighted by Crippen LogP contribution is 2.41. The van der Waals surface area contributed by atoms with Crippen LogP contribution in [0.3, 0.4) is 0 Å². The van der Waals surface area contributed by atoms with Crippen molar-refractivity contribution in [3.8, 4) is 0 Å². The van der Waals surface area contributed by atoms with E-state index in [0.717, 1.165) is 6.04 Å². The first kappa shape index (κ1) is 25.5. The first-order chi connectivity index (χ1) is 17.6. The topological polar surface area (TPSA) is 125 Å². The number of hydrogen-bond acceptors (Lipinski definition) is 8. The van der Waals surface area contributed by atoms with Gasteiger partial charge < -0.3 is 9.30 Å². The van der Waals surface area contributed by atoms with Crippen molar-refractivity contribution in [1.29, 1.82) is 0 Å². The van der Waals surface area contributed by atoms with Crippen molar-refractivity contribution in [3.63, 3.8) is 0 Å². The minimum absolute atomic E-state index is 0.140. The Hall–Kier alpha value is -3.13. The molecule has 1 aromatic carbocycles. The average Bonchev–Trinajstić information content (AvgIpc) is 3.54. The number of nitrogens with one attached hydrogen (secondary N) is 1. The number of nitrogens with zero attached hydrogens (tertiary/aromatic N) is 5. The van der Waals surface area contributed by atoms with Crippen molar-refractivity contribution in [1.82, 2.24) is 29.5 Å². The summed E-state index contributed by atoms with van der Waals surface area (Å²) in [6.07, 6.45) is 3.15. The van der Waals surface area contributed by atoms with Gasteiger partial charge in [-0.15, -0.1) is 11.3 Å². The predicted octanol–water partition coefficient (Wildman–Crippen LogP) is 3.94. The smallest absolute Gasteiger partial charge is 0.288 e. The Kier molecular flexibility index (Phi) is 6.64. The molecule has 0 aliphatic heterocycles. The van der Waals surface area contributed by atoms with E-state index in [-0.39, 0.29) is 17.2 Å². The van der Waals surface area contributed by atoms with Gasteiger partial charge in [0.05, 0.1) is 21.5 Å². The monoisotopic (exact) mass is 556 g/mol. The Balaban J connectivity index is 1.62. The largest absolute Gasteiger partial charge is 0.360 e. The van der Waals surface area contributed by atoms with E-state index in [1.807, 2.05) is 0 Å². The van der Waals surface area contributed by atoms with Crippen LogP contribution in [-0.2, 0) is 28.4 Å². The number of H-pyrrole nitrogens is 1. The second-order valence-electron chi connectivity index (χ2n) is 10.1. The van der Waals surface area contributed by atoms with Crippen molar-refractivity contribution in [2.75, 3.05) is 6.61 Å². The molecule has 4 aromatic heterocycles. The SMILES string of the molecule is Cn1c2nc(C(c3ccnn3COCC[Si](C)(C)C)S(=O)(=O)c3ccccc3)sc2c2cn[nH]c(=O)c21. The average molecular weight is 557 g/mol. The van der Waals surface area contributed by atoms with Crippen LogP contribution in [0.5, 0.6) is 0 Å². The molecule has 1 atom stereocenters. The number of rotatable bonds is 9. The number of aryl methyl sites for hydroxylation is 1. The van der Waals surface area contributed by atoms with Crippen molar-refractivity contribution in [2.45, 2.75) is 42.6 Å². The first-order valence-corrected chi connectivity index (χ1v) is 17.9. The van der Waals surface area contributed by atoms with Gasteiger partial charge in [0.25, 0.3) is 5.56 Å². The van der Waals surface area contributed by atoms with E-state index in [1.54, 1.807) is 65.1 Å². The summed E-state index contributed by atoms with van der Waals surface area (Å²) in [6, 6.07) is 11.0. The van der Waals surface area contributed by atoms with Crippen LogP contribution in [0.25, 0.3) is 21.3 Å². The fraction of sp³-hybridized carbons (Fsp3) is 0.333. The van der Waals surface area contributed by atoms with E-state index in [0.29, 0.717) is 38.6 Å². The molecule has 13 heteroatoms. The van der Waals surface area contributed by atoms with Gasteiger partial charge in [-0.1, -0.05) is 37.8 Å². The molecule has 0 fully saturated rings. The van der Waals surface area contributed by atoms with Gasteiger partial charge in [-0.25, -0.2) is 23.2 Å². The molecule has 0 aliphatic rings. The Bertz CT molecular complexity index is 1730. The third-order valence-corrected chi connectivity index (χ3v) is 11.2. The molecule has 0 bridgehead atoms. The van der Waals surface area contributed by atoms with Gasteiger partial charge in [-0.3, -0.25) is 4.79 Å². The van der Waals surface area contributed by atoms with Crippen molar-refractivity contribution >= 4 is 50.5 Å². The van der Waals surface area contributed by atoms with Crippen LogP contribution in [0.4, 0.5) is 0 Å². The molecular weight excluding hydrogens is 529 g/mol. The predicted molar refractivity (Wildman–Crippen MR) is 146 cm³/mol. The van der Waals surface area contributed by atoms with Gasteiger partial charge >= 0.3 is 0 Å². The van der Waals surface area contributed by atoms with Crippen molar-refractivity contribution < 1.29 is 13.2 Å². The number of fused-ring (bicyclic) bond motifs is 3. The Morgan fingerprint density at radius 3 is 2.65 bits per heavy atom. The van der Waals surface area contributed by atoms with Crippen molar-refractivity contribution in [2.24, 2.45) is 7.05 Å². The molecule has 1 N–H and O–H groups in total. The zero-order valence-corrected chi connectivity index (χ0v) is 23.6. The second kappa shape index (κ2) is 9.63. The molecule has 10 nitrogen and oxygen atoms in total. The van der Waals surface area contributed by atoms with Crippen LogP contribution in [0.2, 0.25) is 25.7 Å². The summed E-state index contributed by atoms with van der Waals surface area (Å²) in [5, 5.41) is 10.7. The van der Waals surface area contributed by atoms with E-state index in [9.17, 15) is 13.2 Å². The lowest BCUT2D eigenvalue weighted by molar-refractivity contribution is 0.0766. The molecule has 0 radical (unpaired) electrons. The van der Waals surface area contributed by atoms with Crippen LogP contribution in [0, 0.1) is 0 Å². The number of ether oxygens (including phenoxy) is 1. The van der Waals surface area contributed by atoms with Gasteiger partial charge in [-0.2, -0.15) is 10.2 Å². The second-order valence-corrected chi connectivity index (χ2v) is 18.8. The Morgan fingerprint density at radius 1 is 1.16 bits per heavy atom. The molecule has 5 rings (SSSR count). The Morgan fingerprint density at radius 2 is 1.92 bits per heavy atom. The van der Waals surface area contributed by atoms with Gasteiger partial charge in [0.2, 0.25) is 0 Å². The number of aromatic nitrogens is 6. The quantitative estimate of drug-likeness (QED) is 0.215. The normalized spacial score (nSPS) is 13.5. The van der Waals surface area contributed by atoms with E-state index < -0.39 is 23.2 Å². The van der Waals surface area contributed by atoms with Gasteiger partial charge in [0.15, 0.2) is 20.7 Å². The minimum Gasteiger partial charge on any atom is -0.360 e. The molecule has 1 unspecified atom stereocenters. The maximum absolute atomic E-state index is 14.1. The first-order valence-electron chi connectivity index (χ1n) is 11.8. The number of sulfone groups is 1. The molecule has 0 aliphatic carbocycles. The molecule has 0 saturated heterocycles. The third kappa shape index (κ3) is 4.79. The van der Waals surface area contributed by atoms with Crippen LogP contribution in [0.1, 0.15) is 16.0 Å². The zero-order chi connectivity index (χ0) is 26.4. The maximum atomic E-state index is 14.1. The van der Waals surface area contributed by atoms with Crippen LogP contribution >= 0.6 is 11.3 Å². The van der Waals surface area contributed by atoms with Crippen LogP contribution in [-0.4, -0.2) is 52.6 Å². The summed E-state index contributed by atoms with van der Waals surface area (Å²) in [4.78, 5) is 17.3. The molecule has 0 spiro atoms.